The summed E-state index contributed by atoms with van der Waals surface area (Å²) in [5.74, 6) is -0.0597. The summed E-state index contributed by atoms with van der Waals surface area (Å²) in [6.45, 7) is 4.91. The van der Waals surface area contributed by atoms with Crippen LogP contribution in [0, 0.1) is 0 Å². The first-order valence-corrected chi connectivity index (χ1v) is 38.6. The van der Waals surface area contributed by atoms with Crippen LogP contribution in [0.4, 0.5) is 0 Å². The lowest BCUT2D eigenvalue weighted by Crippen LogP contribution is -2.45. The molecule has 6 nitrogen and oxygen atoms in total. The van der Waals surface area contributed by atoms with E-state index in [2.05, 4.69) is 67.8 Å². The molecule has 0 aliphatic rings. The van der Waals surface area contributed by atoms with Crippen LogP contribution >= 0.6 is 0 Å². The number of carbonyl (C=O) groups excluding carboxylic acids is 2. The number of ether oxygens (including phenoxy) is 1. The molecule has 2 atom stereocenters. The van der Waals surface area contributed by atoms with Gasteiger partial charge in [0, 0.05) is 12.8 Å². The van der Waals surface area contributed by atoms with E-state index in [0.717, 1.165) is 57.8 Å². The molecule has 0 radical (unpaired) electrons. The molecule has 6 heteroatoms. The number of nitrogens with one attached hydrogen (secondary N) is 1. The molecule has 504 valence electrons. The molecular formula is C80H149NO5. The summed E-state index contributed by atoms with van der Waals surface area (Å²) >= 11 is 0. The number of allylic oxidation sites excluding steroid dienone is 9. The van der Waals surface area contributed by atoms with E-state index in [-0.39, 0.29) is 18.5 Å². The Balaban J connectivity index is 3.40. The van der Waals surface area contributed by atoms with Gasteiger partial charge in [-0.1, -0.05) is 364 Å². The Bertz CT molecular complexity index is 1480. The summed E-state index contributed by atoms with van der Waals surface area (Å²) in [5.41, 5.74) is 0. The molecule has 0 spiro atoms. The predicted molar refractivity (Wildman–Crippen MR) is 379 cm³/mol. The molecule has 0 aromatic rings. The van der Waals surface area contributed by atoms with Crippen LogP contribution in [0.15, 0.2) is 60.8 Å². The lowest BCUT2D eigenvalue weighted by atomic mass is 10.0. The maximum Gasteiger partial charge on any atom is 0.305 e. The third-order valence-corrected chi connectivity index (χ3v) is 17.8. The largest absolute Gasteiger partial charge is 0.466 e. The first-order valence-electron chi connectivity index (χ1n) is 38.6. The lowest BCUT2D eigenvalue weighted by Gasteiger charge is -2.20. The summed E-state index contributed by atoms with van der Waals surface area (Å²) in [6.07, 6.45) is 100. The van der Waals surface area contributed by atoms with Gasteiger partial charge in [0.25, 0.3) is 0 Å². The highest BCUT2D eigenvalue weighted by Crippen LogP contribution is 2.19. The zero-order chi connectivity index (χ0) is 62.0. The Hall–Kier alpha value is -2.44. The molecule has 0 fully saturated rings. The van der Waals surface area contributed by atoms with Crippen molar-refractivity contribution in [1.29, 1.82) is 0 Å². The lowest BCUT2D eigenvalue weighted by molar-refractivity contribution is -0.143. The molecule has 0 aliphatic heterocycles. The number of aliphatic hydroxyl groups excluding tert-OH is 2. The maximum absolute atomic E-state index is 12.5. The molecule has 0 aromatic carbocycles. The van der Waals surface area contributed by atoms with E-state index < -0.39 is 12.1 Å². The fourth-order valence-corrected chi connectivity index (χ4v) is 11.9. The van der Waals surface area contributed by atoms with E-state index >= 15 is 0 Å². The average molecular weight is 1210 g/mol. The highest BCUT2D eigenvalue weighted by atomic mass is 16.5. The Morgan fingerprint density at radius 2 is 0.581 bits per heavy atom. The Kier molecular flexibility index (Phi) is 72.9. The van der Waals surface area contributed by atoms with Gasteiger partial charge in [-0.25, -0.2) is 0 Å². The number of esters is 1. The van der Waals surface area contributed by atoms with Crippen LogP contribution in [0.5, 0.6) is 0 Å². The zero-order valence-electron chi connectivity index (χ0n) is 57.8. The van der Waals surface area contributed by atoms with Crippen LogP contribution in [-0.2, 0) is 14.3 Å². The van der Waals surface area contributed by atoms with E-state index in [1.165, 1.54) is 327 Å². The van der Waals surface area contributed by atoms with Crippen molar-refractivity contribution in [2.24, 2.45) is 0 Å². The summed E-state index contributed by atoms with van der Waals surface area (Å²) in [4.78, 5) is 24.6. The third kappa shape index (κ3) is 70.6. The van der Waals surface area contributed by atoms with Crippen molar-refractivity contribution in [2.75, 3.05) is 13.2 Å². The van der Waals surface area contributed by atoms with Crippen LogP contribution in [0.2, 0.25) is 0 Å². The van der Waals surface area contributed by atoms with Gasteiger partial charge in [0.2, 0.25) is 5.91 Å². The molecule has 0 saturated heterocycles. The molecule has 0 rings (SSSR count). The van der Waals surface area contributed by atoms with Crippen LogP contribution in [-0.4, -0.2) is 47.4 Å². The van der Waals surface area contributed by atoms with Crippen molar-refractivity contribution >= 4 is 11.9 Å². The Morgan fingerprint density at radius 1 is 0.326 bits per heavy atom. The van der Waals surface area contributed by atoms with Gasteiger partial charge in [0.15, 0.2) is 0 Å². The van der Waals surface area contributed by atoms with Gasteiger partial charge in [-0.05, 0) is 96.3 Å². The molecule has 0 aliphatic carbocycles. The van der Waals surface area contributed by atoms with Crippen molar-refractivity contribution < 1.29 is 24.5 Å². The average Bonchev–Trinajstić information content (AvgIpc) is 3.54. The smallest absolute Gasteiger partial charge is 0.305 e. The van der Waals surface area contributed by atoms with Crippen LogP contribution < -0.4 is 5.32 Å². The minimum absolute atomic E-state index is 0.00313. The molecule has 0 saturated carbocycles. The van der Waals surface area contributed by atoms with Gasteiger partial charge in [-0.15, -0.1) is 0 Å². The zero-order valence-corrected chi connectivity index (χ0v) is 57.8. The first-order chi connectivity index (χ1) is 42.5. The highest BCUT2D eigenvalue weighted by molar-refractivity contribution is 5.76. The molecule has 0 bridgehead atoms. The van der Waals surface area contributed by atoms with Crippen LogP contribution in [0.25, 0.3) is 0 Å². The second-order valence-corrected chi connectivity index (χ2v) is 26.3. The third-order valence-electron chi connectivity index (χ3n) is 17.8. The Labute approximate surface area is 537 Å². The molecule has 2 unspecified atom stereocenters. The van der Waals surface area contributed by atoms with Crippen molar-refractivity contribution in [1.82, 2.24) is 5.32 Å². The predicted octanol–water partition coefficient (Wildman–Crippen LogP) is 25.4. The number of aliphatic hydroxyl groups is 2. The van der Waals surface area contributed by atoms with E-state index in [9.17, 15) is 19.8 Å². The fourth-order valence-electron chi connectivity index (χ4n) is 11.9. The van der Waals surface area contributed by atoms with Crippen LogP contribution in [0.3, 0.4) is 0 Å². The Morgan fingerprint density at radius 3 is 0.895 bits per heavy atom. The highest BCUT2D eigenvalue weighted by Gasteiger charge is 2.18. The molecule has 0 heterocycles. The topological polar surface area (TPSA) is 95.9 Å². The summed E-state index contributed by atoms with van der Waals surface area (Å²) in [6, 6.07) is -0.628. The number of carbonyl (C=O) groups is 2. The van der Waals surface area contributed by atoms with Gasteiger partial charge in [-0.2, -0.15) is 0 Å². The first kappa shape index (κ1) is 83.6. The van der Waals surface area contributed by atoms with Crippen molar-refractivity contribution in [3.8, 4) is 0 Å². The summed E-state index contributed by atoms with van der Waals surface area (Å²) in [5, 5.41) is 23.2. The molecular weight excluding hydrogens is 1050 g/mol. The molecule has 3 N–H and O–H groups in total. The maximum atomic E-state index is 12.5. The number of hydrogen-bond acceptors (Lipinski definition) is 5. The van der Waals surface area contributed by atoms with Gasteiger partial charge >= 0.3 is 5.97 Å². The standard InChI is InChI=1S/C80H149NO5/c1-3-5-7-9-11-13-15-17-19-21-41-44-48-52-56-60-64-68-72-78(83)77(76-82)81-79(84)73-69-65-61-57-53-49-45-42-39-37-35-33-31-29-27-25-23-22-24-26-28-30-32-34-36-38-40-43-47-51-55-59-63-67-71-75-86-80(85)74-70-66-62-58-54-50-46-20-18-16-14-12-10-8-6-4-2/h14,16,20,24,26,30,32,46,68,72,77-78,82-83H,3-13,15,17-19,21-23,25,27-29,31,33-45,47-67,69-71,73-76H2,1-2H3,(H,81,84)/b16-14-,26-24-,32-30-,46-20-,72-68+. The number of hydrogen-bond donors (Lipinski definition) is 3. The number of rotatable bonds is 72. The van der Waals surface area contributed by atoms with E-state index in [4.69, 9.17) is 4.74 Å². The minimum Gasteiger partial charge on any atom is -0.466 e. The van der Waals surface area contributed by atoms with E-state index in [1.807, 2.05) is 6.08 Å². The van der Waals surface area contributed by atoms with Gasteiger partial charge in [-0.3, -0.25) is 9.59 Å². The van der Waals surface area contributed by atoms with Gasteiger partial charge < -0.3 is 20.3 Å². The second kappa shape index (κ2) is 75.0. The fraction of sp³-hybridized carbons (Fsp3) is 0.850. The van der Waals surface area contributed by atoms with E-state index in [0.29, 0.717) is 19.4 Å². The molecule has 1 amide bonds. The van der Waals surface area contributed by atoms with Crippen molar-refractivity contribution in [2.45, 2.75) is 424 Å². The second-order valence-electron chi connectivity index (χ2n) is 26.3. The molecule has 0 aromatic heterocycles. The summed E-state index contributed by atoms with van der Waals surface area (Å²) < 4.78 is 5.49. The summed E-state index contributed by atoms with van der Waals surface area (Å²) in [7, 11) is 0. The number of unbranched alkanes of at least 4 members (excludes halogenated alkanes) is 53. The van der Waals surface area contributed by atoms with Crippen LogP contribution in [0.1, 0.15) is 412 Å². The van der Waals surface area contributed by atoms with Crippen molar-refractivity contribution in [3.63, 3.8) is 0 Å². The number of amides is 1. The van der Waals surface area contributed by atoms with Crippen molar-refractivity contribution in [3.05, 3.63) is 60.8 Å². The van der Waals surface area contributed by atoms with Gasteiger partial charge in [0.05, 0.1) is 25.4 Å². The minimum atomic E-state index is -0.844. The normalized spacial score (nSPS) is 12.8. The monoisotopic (exact) mass is 1200 g/mol. The molecule has 86 heavy (non-hydrogen) atoms. The quantitative estimate of drug-likeness (QED) is 0.0320. The van der Waals surface area contributed by atoms with E-state index in [1.54, 1.807) is 6.08 Å². The SMILES string of the molecule is CCCCCC/C=C\C/C=C\CCCCCCCC(=O)OCCCCCCCCCCCCC/C=C\C/C=C\CCCCCCCCCCCCCCCCCCCC(=O)NC(CO)C(O)/C=C/CCCCCCCCCCCCCCCCCC. The van der Waals surface area contributed by atoms with Gasteiger partial charge in [0.1, 0.15) is 0 Å².